The minimum Gasteiger partial charge on any atom is -0.508 e. The molecule has 0 radical (unpaired) electrons. The Hall–Kier alpha value is -2.10. The van der Waals surface area contributed by atoms with E-state index in [2.05, 4.69) is 46.1 Å². The summed E-state index contributed by atoms with van der Waals surface area (Å²) in [6.07, 6.45) is 13.2. The van der Waals surface area contributed by atoms with Crippen molar-refractivity contribution in [2.24, 2.45) is 11.8 Å². The van der Waals surface area contributed by atoms with E-state index in [0.29, 0.717) is 0 Å². The van der Waals surface area contributed by atoms with E-state index in [1.165, 1.54) is 51.0 Å². The third kappa shape index (κ3) is 13.6. The van der Waals surface area contributed by atoms with E-state index in [-0.39, 0.29) is 11.5 Å². The maximum Gasteiger partial charge on any atom is 0.121 e. The quantitative estimate of drug-likeness (QED) is 0.261. The largest absolute Gasteiger partial charge is 0.508 e. The topological polar surface area (TPSA) is 52.9 Å². The van der Waals surface area contributed by atoms with Crippen LogP contribution in [0.4, 0.5) is 5.69 Å². The van der Waals surface area contributed by atoms with Crippen LogP contribution >= 0.6 is 0 Å². The lowest BCUT2D eigenvalue weighted by Crippen LogP contribution is -2.22. The van der Waals surface area contributed by atoms with Crippen molar-refractivity contribution in [2.75, 3.05) is 18.1 Å². The average molecular weight is 476 g/mol. The molecule has 1 aliphatic rings. The predicted molar refractivity (Wildman–Crippen MR) is 149 cm³/mol. The normalized spacial score (nSPS) is 14.2. The third-order valence-electron chi connectivity index (χ3n) is 6.04. The Morgan fingerprint density at radius 2 is 1.65 bits per heavy atom. The number of phenolic OH excluding ortho intramolecular Hbond substituents is 2. The average Bonchev–Trinajstić information content (AvgIpc) is 2.78. The standard InChI is InChI=1S/C21H33NO3.C6H14.C3H6/c1-4-21(25-12-11-17-9-7-6-8-10-17)16(3)22(5-2)18-13-19(23)15-20(24)14-18;1-4-5-6(2)3;1-3-2/h13-15,17,23-24H,4-12H2,1-3H3;6H,4-5H2,1-3H3;3H,1H2,2H3/b21-16-;;. The summed E-state index contributed by atoms with van der Waals surface area (Å²) in [5, 5.41) is 19.5. The number of nitrogens with zero attached hydrogens (tertiary/aromatic N) is 1. The Bertz CT molecular complexity index is 670. The molecule has 1 aliphatic carbocycles. The highest BCUT2D eigenvalue weighted by atomic mass is 16.5. The second-order valence-corrected chi connectivity index (χ2v) is 9.55. The van der Waals surface area contributed by atoms with Crippen LogP contribution in [0.15, 0.2) is 42.3 Å². The fraction of sp³-hybridized carbons (Fsp3) is 0.667. The van der Waals surface area contributed by atoms with Crippen LogP contribution in [0.5, 0.6) is 11.5 Å². The molecule has 1 saturated carbocycles. The Kier molecular flexibility index (Phi) is 18.0. The van der Waals surface area contributed by atoms with Crippen LogP contribution in [0.25, 0.3) is 0 Å². The van der Waals surface area contributed by atoms with E-state index >= 15 is 0 Å². The summed E-state index contributed by atoms with van der Waals surface area (Å²) in [6.45, 7) is 19.7. The molecule has 0 heterocycles. The minimum absolute atomic E-state index is 0.0671. The molecule has 196 valence electrons. The molecule has 2 N–H and O–H groups in total. The molecule has 0 atom stereocenters. The van der Waals surface area contributed by atoms with Crippen molar-refractivity contribution >= 4 is 5.69 Å². The zero-order valence-electron chi connectivity index (χ0n) is 23.2. The molecule has 0 aromatic heterocycles. The van der Waals surface area contributed by atoms with Crippen LogP contribution in [0.1, 0.15) is 106 Å². The van der Waals surface area contributed by atoms with Crippen molar-refractivity contribution in [3.63, 3.8) is 0 Å². The van der Waals surface area contributed by atoms with E-state index in [0.717, 1.165) is 55.0 Å². The Labute approximate surface area is 210 Å². The molecular formula is C30H53NO3. The highest BCUT2D eigenvalue weighted by molar-refractivity contribution is 5.58. The first-order valence-electron chi connectivity index (χ1n) is 13.4. The monoisotopic (exact) mass is 475 g/mol. The highest BCUT2D eigenvalue weighted by Gasteiger charge is 2.16. The molecule has 1 fully saturated rings. The van der Waals surface area contributed by atoms with Gasteiger partial charge in [0, 0.05) is 36.9 Å². The molecule has 1 aromatic carbocycles. The van der Waals surface area contributed by atoms with Crippen LogP contribution < -0.4 is 4.90 Å². The molecule has 34 heavy (non-hydrogen) atoms. The number of anilines is 1. The molecule has 0 saturated heterocycles. The third-order valence-corrected chi connectivity index (χ3v) is 6.04. The van der Waals surface area contributed by atoms with Gasteiger partial charge in [-0.1, -0.05) is 78.7 Å². The molecular weight excluding hydrogens is 422 g/mol. The molecule has 0 bridgehead atoms. The van der Waals surface area contributed by atoms with Gasteiger partial charge in [-0.15, -0.1) is 6.58 Å². The summed E-state index contributed by atoms with van der Waals surface area (Å²) in [6, 6.07) is 4.68. The summed E-state index contributed by atoms with van der Waals surface area (Å²) in [5.41, 5.74) is 1.82. The van der Waals surface area contributed by atoms with Gasteiger partial charge in [-0.3, -0.25) is 0 Å². The maximum absolute atomic E-state index is 9.77. The highest BCUT2D eigenvalue weighted by Crippen LogP contribution is 2.31. The van der Waals surface area contributed by atoms with Crippen LogP contribution in [-0.2, 0) is 4.74 Å². The van der Waals surface area contributed by atoms with E-state index in [1.54, 1.807) is 18.2 Å². The summed E-state index contributed by atoms with van der Waals surface area (Å²) in [7, 11) is 0. The maximum atomic E-state index is 9.77. The van der Waals surface area contributed by atoms with Gasteiger partial charge in [0.1, 0.15) is 17.3 Å². The van der Waals surface area contributed by atoms with Gasteiger partial charge in [0.15, 0.2) is 0 Å². The van der Waals surface area contributed by atoms with Crippen molar-refractivity contribution in [1.82, 2.24) is 0 Å². The lowest BCUT2D eigenvalue weighted by molar-refractivity contribution is 0.168. The van der Waals surface area contributed by atoms with Crippen molar-refractivity contribution in [3.05, 3.63) is 42.3 Å². The zero-order chi connectivity index (χ0) is 25.9. The van der Waals surface area contributed by atoms with Crippen molar-refractivity contribution in [3.8, 4) is 11.5 Å². The van der Waals surface area contributed by atoms with Gasteiger partial charge in [0.25, 0.3) is 0 Å². The number of rotatable bonds is 10. The number of phenols is 2. The molecule has 4 nitrogen and oxygen atoms in total. The first-order valence-corrected chi connectivity index (χ1v) is 13.4. The van der Waals surface area contributed by atoms with E-state index in [9.17, 15) is 10.2 Å². The SMILES string of the molecule is C=CC.CC/C(OCCC1CCCCC1)=C(\C)N(CC)c1cc(O)cc(O)c1.CCCC(C)C. The van der Waals surface area contributed by atoms with Gasteiger partial charge in [0.05, 0.1) is 12.3 Å². The molecule has 0 spiro atoms. The Morgan fingerprint density at radius 1 is 1.09 bits per heavy atom. The first-order chi connectivity index (χ1) is 16.2. The van der Waals surface area contributed by atoms with E-state index in [1.807, 2.05) is 13.8 Å². The van der Waals surface area contributed by atoms with Crippen LogP contribution in [0.2, 0.25) is 0 Å². The van der Waals surface area contributed by atoms with Gasteiger partial charge in [-0.2, -0.15) is 0 Å². The number of hydrogen-bond donors (Lipinski definition) is 2. The fourth-order valence-electron chi connectivity index (χ4n) is 4.36. The molecule has 2 rings (SSSR count). The number of ether oxygens (including phenoxy) is 1. The molecule has 0 aliphatic heterocycles. The summed E-state index contributed by atoms with van der Waals surface area (Å²) < 4.78 is 6.13. The summed E-state index contributed by atoms with van der Waals surface area (Å²) >= 11 is 0. The number of allylic oxidation sites excluding steroid dienone is 3. The van der Waals surface area contributed by atoms with Crippen molar-refractivity contribution < 1.29 is 14.9 Å². The lowest BCUT2D eigenvalue weighted by atomic mass is 9.87. The van der Waals surface area contributed by atoms with Gasteiger partial charge >= 0.3 is 0 Å². The first kappa shape index (κ1) is 31.9. The summed E-state index contributed by atoms with van der Waals surface area (Å²) in [5.74, 6) is 2.84. The van der Waals surface area contributed by atoms with Gasteiger partial charge in [-0.25, -0.2) is 0 Å². The molecule has 4 heteroatoms. The van der Waals surface area contributed by atoms with Crippen LogP contribution in [-0.4, -0.2) is 23.4 Å². The lowest BCUT2D eigenvalue weighted by Gasteiger charge is -2.27. The Morgan fingerprint density at radius 3 is 2.06 bits per heavy atom. The number of hydrogen-bond acceptors (Lipinski definition) is 4. The number of aromatic hydroxyl groups is 2. The Balaban J connectivity index is 0.00000103. The van der Waals surface area contributed by atoms with Gasteiger partial charge in [0.2, 0.25) is 0 Å². The fourth-order valence-corrected chi connectivity index (χ4v) is 4.36. The predicted octanol–water partition coefficient (Wildman–Crippen LogP) is 9.19. The molecule has 0 unspecified atom stereocenters. The van der Waals surface area contributed by atoms with Crippen LogP contribution in [0, 0.1) is 11.8 Å². The summed E-state index contributed by atoms with van der Waals surface area (Å²) in [4.78, 5) is 2.07. The second kappa shape index (κ2) is 19.2. The molecule has 1 aromatic rings. The zero-order valence-corrected chi connectivity index (χ0v) is 23.2. The second-order valence-electron chi connectivity index (χ2n) is 9.55. The van der Waals surface area contributed by atoms with Gasteiger partial charge in [-0.05, 0) is 39.0 Å². The van der Waals surface area contributed by atoms with Gasteiger partial charge < -0.3 is 19.8 Å². The van der Waals surface area contributed by atoms with Crippen LogP contribution in [0.3, 0.4) is 0 Å². The molecule has 0 amide bonds. The minimum atomic E-state index is 0.0671. The van der Waals surface area contributed by atoms with Crippen molar-refractivity contribution in [2.45, 2.75) is 106 Å². The van der Waals surface area contributed by atoms with E-state index in [4.69, 9.17) is 4.74 Å². The van der Waals surface area contributed by atoms with Crippen molar-refractivity contribution in [1.29, 1.82) is 0 Å². The number of benzene rings is 1. The van der Waals surface area contributed by atoms with E-state index < -0.39 is 0 Å². The smallest absolute Gasteiger partial charge is 0.121 e.